The van der Waals surface area contributed by atoms with Gasteiger partial charge in [-0.05, 0) is 72.9 Å². The number of aldehydes is 1. The van der Waals surface area contributed by atoms with E-state index in [0.717, 1.165) is 49.1 Å². The Morgan fingerprint density at radius 2 is 1.68 bits per heavy atom. The smallest absolute Gasteiger partial charge is 0.274 e. The molecule has 1 N–H and O–H groups in total. The van der Waals surface area contributed by atoms with E-state index in [9.17, 15) is 22.8 Å². The van der Waals surface area contributed by atoms with Gasteiger partial charge >= 0.3 is 0 Å². The van der Waals surface area contributed by atoms with Gasteiger partial charge in [0.2, 0.25) is 0 Å². The van der Waals surface area contributed by atoms with Gasteiger partial charge in [0.15, 0.2) is 0 Å². The maximum atomic E-state index is 14.5. The number of hydrogen-bond donors (Lipinski definition) is 1. The fourth-order valence-corrected chi connectivity index (χ4v) is 4.88. The molecule has 3 aromatic rings. The number of carbonyl (C=O) groups excluding carboxylic acids is 2. The fraction of sp³-hybridized carbons (Fsp3) is 0.308. The van der Waals surface area contributed by atoms with Crippen molar-refractivity contribution in [1.29, 1.82) is 0 Å². The number of nitrogens with one attached hydrogen (secondary N) is 1. The van der Waals surface area contributed by atoms with Gasteiger partial charge in [0.05, 0.1) is 17.4 Å². The first kappa shape index (κ1) is 23.6. The molecule has 1 aliphatic carbocycles. The van der Waals surface area contributed by atoms with Gasteiger partial charge in [-0.2, -0.15) is 0 Å². The number of carbonyl (C=O) groups is 2. The molecular weight excluding hydrogens is 443 g/mol. The third-order valence-electron chi connectivity index (χ3n) is 6.24. The van der Waals surface area contributed by atoms with Crippen LogP contribution in [0.3, 0.4) is 0 Å². The molecule has 0 spiro atoms. The summed E-state index contributed by atoms with van der Waals surface area (Å²) in [4.78, 5) is 31.9. The second-order valence-electron chi connectivity index (χ2n) is 9.04. The number of amides is 1. The van der Waals surface area contributed by atoms with E-state index in [4.69, 9.17) is 0 Å². The third-order valence-corrected chi connectivity index (χ3v) is 6.24. The molecule has 0 saturated heterocycles. The first-order chi connectivity index (χ1) is 16.3. The van der Waals surface area contributed by atoms with E-state index >= 15 is 0 Å². The minimum absolute atomic E-state index is 0.213. The lowest BCUT2D eigenvalue weighted by Gasteiger charge is -2.32. The highest BCUT2D eigenvalue weighted by atomic mass is 19.1. The van der Waals surface area contributed by atoms with Crippen molar-refractivity contribution in [2.24, 2.45) is 11.8 Å². The van der Waals surface area contributed by atoms with E-state index < -0.39 is 34.6 Å². The number of aromatic nitrogens is 2. The first-order valence-electron chi connectivity index (χ1n) is 11.1. The quantitative estimate of drug-likeness (QED) is 0.456. The zero-order valence-electron chi connectivity index (χ0n) is 18.8. The lowest BCUT2D eigenvalue weighted by Crippen LogP contribution is -2.21. The lowest BCUT2D eigenvalue weighted by molar-refractivity contribution is 0.102. The largest absolute Gasteiger partial charge is 0.319 e. The van der Waals surface area contributed by atoms with Crippen LogP contribution >= 0.6 is 0 Å². The first-order valence-corrected chi connectivity index (χ1v) is 11.1. The van der Waals surface area contributed by atoms with Crippen LogP contribution in [0.5, 0.6) is 0 Å². The predicted octanol–water partition coefficient (Wildman–Crippen LogP) is 6.17. The Hall–Kier alpha value is -3.55. The summed E-state index contributed by atoms with van der Waals surface area (Å²) < 4.78 is 43.4. The van der Waals surface area contributed by atoms with Crippen LogP contribution in [-0.4, -0.2) is 22.2 Å². The summed E-state index contributed by atoms with van der Waals surface area (Å²) >= 11 is 0. The monoisotopic (exact) mass is 467 g/mol. The fourth-order valence-electron chi connectivity index (χ4n) is 4.88. The van der Waals surface area contributed by atoms with Crippen molar-refractivity contribution in [2.75, 3.05) is 5.32 Å². The van der Waals surface area contributed by atoms with E-state index in [1.807, 2.05) is 6.07 Å². The molecule has 176 valence electrons. The Bertz CT molecular complexity index is 1210. The maximum absolute atomic E-state index is 14.5. The van der Waals surface area contributed by atoms with Gasteiger partial charge in [0.25, 0.3) is 5.91 Å². The highest BCUT2D eigenvalue weighted by Gasteiger charge is 2.27. The van der Waals surface area contributed by atoms with Crippen molar-refractivity contribution in [3.05, 3.63) is 77.0 Å². The zero-order chi connectivity index (χ0) is 24.4. The van der Waals surface area contributed by atoms with Crippen molar-refractivity contribution in [3.8, 4) is 11.3 Å². The number of benzene rings is 1. The summed E-state index contributed by atoms with van der Waals surface area (Å²) in [7, 11) is 0. The SMILES string of the molecule is CC1CC(C)CC(c2ccncc2NC(=O)c2ccc(F)c(-c3c(F)cc(C=O)cc3F)n2)C1. The van der Waals surface area contributed by atoms with E-state index in [0.29, 0.717) is 17.5 Å². The van der Waals surface area contributed by atoms with Gasteiger partial charge in [0.1, 0.15) is 35.1 Å². The Kier molecular flexibility index (Phi) is 6.77. The molecule has 1 aliphatic rings. The Morgan fingerprint density at radius 3 is 2.32 bits per heavy atom. The van der Waals surface area contributed by atoms with Crippen LogP contribution in [0.15, 0.2) is 42.7 Å². The predicted molar refractivity (Wildman–Crippen MR) is 122 cm³/mol. The summed E-state index contributed by atoms with van der Waals surface area (Å²) in [6.45, 7) is 4.43. The van der Waals surface area contributed by atoms with Crippen LogP contribution in [-0.2, 0) is 0 Å². The van der Waals surface area contributed by atoms with Crippen molar-refractivity contribution >= 4 is 17.9 Å². The minimum atomic E-state index is -1.15. The second kappa shape index (κ2) is 9.75. The van der Waals surface area contributed by atoms with Gasteiger partial charge in [-0.1, -0.05) is 13.8 Å². The third kappa shape index (κ3) is 4.85. The summed E-state index contributed by atoms with van der Waals surface area (Å²) in [6, 6.07) is 5.53. The molecule has 1 fully saturated rings. The molecule has 1 amide bonds. The summed E-state index contributed by atoms with van der Waals surface area (Å²) in [5, 5.41) is 2.78. The van der Waals surface area contributed by atoms with Crippen LogP contribution in [0.4, 0.5) is 18.9 Å². The van der Waals surface area contributed by atoms with Gasteiger partial charge in [-0.3, -0.25) is 14.6 Å². The average Bonchev–Trinajstić information content (AvgIpc) is 2.79. The number of anilines is 1. The molecule has 4 rings (SSSR count). The molecule has 1 saturated carbocycles. The van der Waals surface area contributed by atoms with Gasteiger partial charge in [-0.15, -0.1) is 0 Å². The number of hydrogen-bond acceptors (Lipinski definition) is 4. The molecule has 1 aromatic carbocycles. The number of pyridine rings is 2. The molecule has 0 bridgehead atoms. The molecule has 8 heteroatoms. The number of nitrogens with zero attached hydrogens (tertiary/aromatic N) is 2. The minimum Gasteiger partial charge on any atom is -0.319 e. The second-order valence-corrected chi connectivity index (χ2v) is 9.04. The molecule has 34 heavy (non-hydrogen) atoms. The Balaban J connectivity index is 1.65. The van der Waals surface area contributed by atoms with Crippen molar-refractivity contribution in [3.63, 3.8) is 0 Å². The van der Waals surface area contributed by atoms with Crippen LogP contribution in [0.25, 0.3) is 11.3 Å². The highest BCUT2D eigenvalue weighted by Crippen LogP contribution is 2.41. The van der Waals surface area contributed by atoms with E-state index in [1.54, 1.807) is 12.4 Å². The highest BCUT2D eigenvalue weighted by molar-refractivity contribution is 6.03. The zero-order valence-corrected chi connectivity index (χ0v) is 18.8. The van der Waals surface area contributed by atoms with Gasteiger partial charge in [-0.25, -0.2) is 18.2 Å². The van der Waals surface area contributed by atoms with E-state index in [2.05, 4.69) is 29.1 Å². The summed E-state index contributed by atoms with van der Waals surface area (Å²) in [5.74, 6) is -2.59. The number of halogens is 3. The molecule has 2 atom stereocenters. The topological polar surface area (TPSA) is 72.0 Å². The van der Waals surface area contributed by atoms with Crippen molar-refractivity contribution in [2.45, 2.75) is 39.0 Å². The van der Waals surface area contributed by atoms with Gasteiger partial charge in [0, 0.05) is 11.8 Å². The summed E-state index contributed by atoms with van der Waals surface area (Å²) in [5.41, 5.74) is -0.352. The molecule has 2 unspecified atom stereocenters. The lowest BCUT2D eigenvalue weighted by atomic mass is 9.74. The standard InChI is InChI=1S/C26H24F3N3O2/c1-14-7-15(2)9-17(8-14)18-5-6-30-12-23(18)32-26(34)22-4-3-19(27)25(31-22)24-20(28)10-16(13-33)11-21(24)29/h3-6,10-15,17H,7-9H2,1-2H3,(H,32,34). The molecule has 0 radical (unpaired) electrons. The molecule has 2 heterocycles. The molecular formula is C26H24F3N3O2. The number of rotatable bonds is 5. The van der Waals surface area contributed by atoms with Crippen LogP contribution in [0, 0.1) is 29.3 Å². The Morgan fingerprint density at radius 1 is 1.00 bits per heavy atom. The summed E-state index contributed by atoms with van der Waals surface area (Å²) in [6.07, 6.45) is 6.66. The van der Waals surface area contributed by atoms with Crippen LogP contribution in [0.2, 0.25) is 0 Å². The normalized spacial score (nSPS) is 20.1. The van der Waals surface area contributed by atoms with Crippen LogP contribution < -0.4 is 5.32 Å². The van der Waals surface area contributed by atoms with Gasteiger partial charge < -0.3 is 5.32 Å². The van der Waals surface area contributed by atoms with Crippen molar-refractivity contribution in [1.82, 2.24) is 9.97 Å². The van der Waals surface area contributed by atoms with E-state index in [1.165, 1.54) is 0 Å². The average molecular weight is 467 g/mol. The van der Waals surface area contributed by atoms with Crippen LogP contribution in [0.1, 0.15) is 65.4 Å². The van der Waals surface area contributed by atoms with E-state index in [-0.39, 0.29) is 23.5 Å². The Labute approximate surface area is 195 Å². The molecule has 0 aliphatic heterocycles. The maximum Gasteiger partial charge on any atom is 0.274 e. The molecule has 5 nitrogen and oxygen atoms in total. The molecule has 2 aromatic heterocycles. The van der Waals surface area contributed by atoms with Crippen molar-refractivity contribution < 1.29 is 22.8 Å².